The number of ketones is 2. The third-order valence-corrected chi connectivity index (χ3v) is 3.42. The van der Waals surface area contributed by atoms with Crippen molar-refractivity contribution in [1.29, 1.82) is 0 Å². The highest BCUT2D eigenvalue weighted by molar-refractivity contribution is 6.33. The fourth-order valence-electron chi connectivity index (χ4n) is 2.38. The molecular weight excluding hydrogens is 278 g/mol. The van der Waals surface area contributed by atoms with E-state index in [1.165, 1.54) is 13.8 Å². The summed E-state index contributed by atoms with van der Waals surface area (Å²) < 4.78 is 0. The standard InChI is InChI=1S/C15H18ClNO3/c1-9(18)13(10(2)19)15(3,4)17-14(20)11-7-5-6-8-12(11)16/h5-8,13H,1-4H3,(H,17,20). The lowest BCUT2D eigenvalue weighted by atomic mass is 9.81. The number of rotatable bonds is 5. The van der Waals surface area contributed by atoms with E-state index in [0.717, 1.165) is 0 Å². The van der Waals surface area contributed by atoms with Gasteiger partial charge < -0.3 is 5.32 Å². The molecule has 20 heavy (non-hydrogen) atoms. The summed E-state index contributed by atoms with van der Waals surface area (Å²) in [5.41, 5.74) is -0.665. The average molecular weight is 296 g/mol. The highest BCUT2D eigenvalue weighted by Crippen LogP contribution is 2.21. The number of benzene rings is 1. The van der Waals surface area contributed by atoms with Gasteiger partial charge in [-0.1, -0.05) is 23.7 Å². The summed E-state index contributed by atoms with van der Waals surface area (Å²) in [6, 6.07) is 6.61. The smallest absolute Gasteiger partial charge is 0.253 e. The quantitative estimate of drug-likeness (QED) is 0.849. The third kappa shape index (κ3) is 3.67. The monoisotopic (exact) mass is 295 g/mol. The lowest BCUT2D eigenvalue weighted by Crippen LogP contribution is -2.53. The number of halogens is 1. The van der Waals surface area contributed by atoms with Gasteiger partial charge >= 0.3 is 0 Å². The van der Waals surface area contributed by atoms with Crippen LogP contribution in [0.25, 0.3) is 0 Å². The molecule has 0 bridgehead atoms. The van der Waals surface area contributed by atoms with Crippen LogP contribution in [0.15, 0.2) is 24.3 Å². The Morgan fingerprint density at radius 3 is 2.05 bits per heavy atom. The van der Waals surface area contributed by atoms with Gasteiger partial charge in [-0.25, -0.2) is 0 Å². The molecule has 1 aromatic rings. The number of Topliss-reactive ketones (excluding diaryl/α,β-unsaturated/α-hetero) is 2. The predicted octanol–water partition coefficient (Wildman–Crippen LogP) is 2.64. The molecule has 0 spiro atoms. The van der Waals surface area contributed by atoms with Crippen LogP contribution in [0.3, 0.4) is 0 Å². The summed E-state index contributed by atoms with van der Waals surface area (Å²) in [4.78, 5) is 35.5. The van der Waals surface area contributed by atoms with Crippen molar-refractivity contribution in [3.8, 4) is 0 Å². The lowest BCUT2D eigenvalue weighted by molar-refractivity contribution is -0.133. The van der Waals surface area contributed by atoms with Crippen molar-refractivity contribution in [2.45, 2.75) is 33.2 Å². The Morgan fingerprint density at radius 1 is 1.10 bits per heavy atom. The van der Waals surface area contributed by atoms with Gasteiger partial charge in [0.05, 0.1) is 22.0 Å². The lowest BCUT2D eigenvalue weighted by Gasteiger charge is -2.32. The van der Waals surface area contributed by atoms with Crippen LogP contribution in [-0.2, 0) is 9.59 Å². The first-order chi connectivity index (χ1) is 9.16. The van der Waals surface area contributed by atoms with Crippen LogP contribution < -0.4 is 5.32 Å². The van der Waals surface area contributed by atoms with Crippen LogP contribution in [0.4, 0.5) is 0 Å². The van der Waals surface area contributed by atoms with Gasteiger partial charge in [-0.05, 0) is 39.8 Å². The molecule has 5 heteroatoms. The van der Waals surface area contributed by atoms with Crippen molar-refractivity contribution in [1.82, 2.24) is 5.32 Å². The fourth-order valence-corrected chi connectivity index (χ4v) is 2.60. The highest BCUT2D eigenvalue weighted by Gasteiger charge is 2.38. The molecule has 1 rings (SSSR count). The number of nitrogens with one attached hydrogen (secondary N) is 1. The predicted molar refractivity (Wildman–Crippen MR) is 77.8 cm³/mol. The van der Waals surface area contributed by atoms with Crippen molar-refractivity contribution in [2.24, 2.45) is 5.92 Å². The molecule has 0 radical (unpaired) electrons. The van der Waals surface area contributed by atoms with Crippen molar-refractivity contribution in [3.05, 3.63) is 34.9 Å². The van der Waals surface area contributed by atoms with Crippen molar-refractivity contribution >= 4 is 29.1 Å². The van der Waals surface area contributed by atoms with Crippen LogP contribution in [0.5, 0.6) is 0 Å². The first kappa shape index (κ1) is 16.4. The van der Waals surface area contributed by atoms with Crippen molar-refractivity contribution < 1.29 is 14.4 Å². The number of amides is 1. The van der Waals surface area contributed by atoms with E-state index in [9.17, 15) is 14.4 Å². The minimum atomic E-state index is -0.978. The molecule has 1 N–H and O–H groups in total. The van der Waals surface area contributed by atoms with E-state index in [-0.39, 0.29) is 11.6 Å². The molecule has 0 aliphatic carbocycles. The molecule has 0 atom stereocenters. The normalized spacial score (nSPS) is 11.3. The maximum Gasteiger partial charge on any atom is 0.253 e. The number of hydrogen-bond donors (Lipinski definition) is 1. The van der Waals surface area contributed by atoms with Gasteiger partial charge in [-0.3, -0.25) is 14.4 Å². The summed E-state index contributed by atoms with van der Waals surface area (Å²) in [6.45, 7) is 5.98. The first-order valence-corrected chi connectivity index (χ1v) is 6.62. The zero-order valence-electron chi connectivity index (χ0n) is 12.0. The first-order valence-electron chi connectivity index (χ1n) is 6.24. The SMILES string of the molecule is CC(=O)C(C(C)=O)C(C)(C)NC(=O)c1ccccc1Cl. The maximum atomic E-state index is 12.2. The summed E-state index contributed by atoms with van der Waals surface area (Å²) in [6.07, 6.45) is 0. The van der Waals surface area contributed by atoms with Gasteiger partial charge in [0.25, 0.3) is 5.91 Å². The van der Waals surface area contributed by atoms with E-state index in [2.05, 4.69) is 5.32 Å². The van der Waals surface area contributed by atoms with Crippen LogP contribution in [0.1, 0.15) is 38.1 Å². The van der Waals surface area contributed by atoms with E-state index in [1.54, 1.807) is 38.1 Å². The molecule has 0 saturated heterocycles. The molecule has 4 nitrogen and oxygen atoms in total. The van der Waals surface area contributed by atoms with Crippen LogP contribution in [0, 0.1) is 5.92 Å². The van der Waals surface area contributed by atoms with E-state index < -0.39 is 17.4 Å². The largest absolute Gasteiger partial charge is 0.346 e. The second kappa shape index (κ2) is 6.18. The molecule has 0 aromatic heterocycles. The molecule has 0 saturated carbocycles. The van der Waals surface area contributed by atoms with Gasteiger partial charge in [0.15, 0.2) is 0 Å². The summed E-state index contributed by atoms with van der Waals surface area (Å²) in [5, 5.41) is 3.03. The zero-order chi connectivity index (χ0) is 15.5. The van der Waals surface area contributed by atoms with Crippen molar-refractivity contribution in [3.63, 3.8) is 0 Å². The molecule has 0 aliphatic rings. The Bertz CT molecular complexity index is 538. The average Bonchev–Trinajstić information content (AvgIpc) is 2.26. The van der Waals surface area contributed by atoms with Gasteiger partial charge in [-0.15, -0.1) is 0 Å². The van der Waals surface area contributed by atoms with Crippen molar-refractivity contribution in [2.75, 3.05) is 0 Å². The fraction of sp³-hybridized carbons (Fsp3) is 0.400. The summed E-state index contributed by atoms with van der Waals surface area (Å²) in [5.74, 6) is -1.84. The van der Waals surface area contributed by atoms with Gasteiger partial charge in [-0.2, -0.15) is 0 Å². The van der Waals surface area contributed by atoms with Gasteiger partial charge in [0.2, 0.25) is 0 Å². The summed E-state index contributed by atoms with van der Waals surface area (Å²) in [7, 11) is 0. The molecule has 1 amide bonds. The van der Waals surface area contributed by atoms with E-state index in [4.69, 9.17) is 11.6 Å². The Kier molecular flexibility index (Phi) is 5.06. The van der Waals surface area contributed by atoms with Crippen LogP contribution in [-0.4, -0.2) is 23.0 Å². The number of hydrogen-bond acceptors (Lipinski definition) is 3. The Morgan fingerprint density at radius 2 is 1.60 bits per heavy atom. The molecule has 0 heterocycles. The third-order valence-electron chi connectivity index (χ3n) is 3.09. The minimum Gasteiger partial charge on any atom is -0.346 e. The summed E-state index contributed by atoms with van der Waals surface area (Å²) >= 11 is 5.96. The minimum absolute atomic E-state index is 0.276. The second-order valence-corrected chi connectivity index (χ2v) is 5.72. The molecule has 1 aromatic carbocycles. The van der Waals surface area contributed by atoms with E-state index in [1.807, 2.05) is 0 Å². The van der Waals surface area contributed by atoms with E-state index >= 15 is 0 Å². The number of carbonyl (C=O) groups excluding carboxylic acids is 3. The molecule has 0 aliphatic heterocycles. The topological polar surface area (TPSA) is 63.2 Å². The van der Waals surface area contributed by atoms with Gasteiger partial charge in [0.1, 0.15) is 11.6 Å². The zero-order valence-corrected chi connectivity index (χ0v) is 12.7. The number of carbonyl (C=O) groups is 3. The second-order valence-electron chi connectivity index (χ2n) is 5.31. The molecule has 108 valence electrons. The van der Waals surface area contributed by atoms with Gasteiger partial charge in [0, 0.05) is 0 Å². The van der Waals surface area contributed by atoms with Crippen LogP contribution >= 0.6 is 11.6 Å². The maximum absolute atomic E-state index is 12.2. The van der Waals surface area contributed by atoms with Crippen LogP contribution in [0.2, 0.25) is 5.02 Å². The Hall–Kier alpha value is -1.68. The molecule has 0 unspecified atom stereocenters. The highest BCUT2D eigenvalue weighted by atomic mass is 35.5. The van der Waals surface area contributed by atoms with E-state index in [0.29, 0.717) is 10.6 Å². The molecule has 0 fully saturated rings. The molecular formula is C15H18ClNO3. The Balaban J connectivity index is 3.01. The Labute approximate surface area is 123 Å².